The molecule has 0 radical (unpaired) electrons. The highest BCUT2D eigenvalue weighted by atomic mass is 19.1. The van der Waals surface area contributed by atoms with Crippen molar-refractivity contribution in [2.45, 2.75) is 26.9 Å². The summed E-state index contributed by atoms with van der Waals surface area (Å²) in [5.74, 6) is -0.471. The van der Waals surface area contributed by atoms with Gasteiger partial charge in [-0.15, -0.1) is 0 Å². The Bertz CT molecular complexity index is 578. The van der Waals surface area contributed by atoms with Crippen molar-refractivity contribution in [2.75, 3.05) is 39.8 Å². The molecular formula is C18H27FN2O3. The van der Waals surface area contributed by atoms with Gasteiger partial charge in [-0.3, -0.25) is 9.69 Å². The Morgan fingerprint density at radius 3 is 2.42 bits per heavy atom. The summed E-state index contributed by atoms with van der Waals surface area (Å²) < 4.78 is 19.0. The zero-order chi connectivity index (χ0) is 17.9. The van der Waals surface area contributed by atoms with Gasteiger partial charge in [0.25, 0.3) is 5.91 Å². The average molecular weight is 338 g/mol. The van der Waals surface area contributed by atoms with Crippen molar-refractivity contribution in [3.63, 3.8) is 0 Å². The standard InChI is InChI=1S/C18H27FN2O3/c1-18(2,3)16(22)12-20-7-9-21(10-8-20)17(23)14-6-5-13(24-4)11-15(14)19/h5-6,11,16,22H,7-10,12H2,1-4H3/t16-/m0/s1. The number of aliphatic hydroxyl groups is 1. The quantitative estimate of drug-likeness (QED) is 0.912. The molecule has 1 fully saturated rings. The zero-order valence-electron chi connectivity index (χ0n) is 14.9. The molecule has 6 heteroatoms. The van der Waals surface area contributed by atoms with Crippen molar-refractivity contribution in [1.82, 2.24) is 9.80 Å². The van der Waals surface area contributed by atoms with Gasteiger partial charge in [-0.25, -0.2) is 4.39 Å². The SMILES string of the molecule is COc1ccc(C(=O)N2CCN(C[C@H](O)C(C)(C)C)CC2)c(F)c1. The van der Waals surface area contributed by atoms with Gasteiger partial charge in [-0.2, -0.15) is 0 Å². The molecular weight excluding hydrogens is 311 g/mol. The third-order valence-electron chi connectivity index (χ3n) is 4.50. The number of carbonyl (C=O) groups excluding carboxylic acids is 1. The Labute approximate surface area is 143 Å². The van der Waals surface area contributed by atoms with Crippen LogP contribution in [0.5, 0.6) is 5.75 Å². The number of rotatable bonds is 4. The number of ether oxygens (including phenoxy) is 1. The van der Waals surface area contributed by atoms with E-state index in [0.717, 1.165) is 0 Å². The van der Waals surface area contributed by atoms with Crippen molar-refractivity contribution in [2.24, 2.45) is 5.41 Å². The molecule has 24 heavy (non-hydrogen) atoms. The number of halogens is 1. The van der Waals surface area contributed by atoms with E-state index in [9.17, 15) is 14.3 Å². The predicted octanol–water partition coefficient (Wildman–Crippen LogP) is 2.00. The number of nitrogens with zero attached hydrogens (tertiary/aromatic N) is 2. The van der Waals surface area contributed by atoms with E-state index in [1.165, 1.54) is 19.2 Å². The van der Waals surface area contributed by atoms with Crippen LogP contribution in [0, 0.1) is 11.2 Å². The molecule has 1 aromatic rings. The minimum atomic E-state index is -0.565. The second-order valence-corrected chi connectivity index (χ2v) is 7.32. The Kier molecular flexibility index (Phi) is 5.83. The monoisotopic (exact) mass is 338 g/mol. The van der Waals surface area contributed by atoms with Crippen LogP contribution in [0.2, 0.25) is 0 Å². The fraction of sp³-hybridized carbons (Fsp3) is 0.611. The topological polar surface area (TPSA) is 53.0 Å². The van der Waals surface area contributed by atoms with E-state index in [1.807, 2.05) is 20.8 Å². The molecule has 0 saturated carbocycles. The van der Waals surface area contributed by atoms with Gasteiger partial charge in [-0.05, 0) is 17.5 Å². The number of hydrogen-bond donors (Lipinski definition) is 1. The molecule has 1 N–H and O–H groups in total. The number of amides is 1. The van der Waals surface area contributed by atoms with Gasteiger partial charge >= 0.3 is 0 Å². The summed E-state index contributed by atoms with van der Waals surface area (Å²) in [5.41, 5.74) is -0.0990. The molecule has 5 nitrogen and oxygen atoms in total. The van der Waals surface area contributed by atoms with Crippen LogP contribution in [0.25, 0.3) is 0 Å². The molecule has 1 aromatic carbocycles. The summed E-state index contributed by atoms with van der Waals surface area (Å²) in [6, 6.07) is 4.28. The molecule has 1 amide bonds. The molecule has 0 aliphatic carbocycles. The normalized spacial score (nSPS) is 17.7. The Balaban J connectivity index is 1.93. The summed E-state index contributed by atoms with van der Waals surface area (Å²) in [5, 5.41) is 10.2. The molecule has 1 aliphatic rings. The van der Waals surface area contributed by atoms with Crippen LogP contribution in [0.4, 0.5) is 4.39 Å². The van der Waals surface area contributed by atoms with E-state index >= 15 is 0 Å². The fourth-order valence-electron chi connectivity index (χ4n) is 2.62. The minimum absolute atomic E-state index is 0.0685. The minimum Gasteiger partial charge on any atom is -0.497 e. The highest BCUT2D eigenvalue weighted by Crippen LogP contribution is 2.21. The molecule has 1 saturated heterocycles. The van der Waals surface area contributed by atoms with E-state index in [4.69, 9.17) is 4.74 Å². The van der Waals surface area contributed by atoms with Crippen LogP contribution in [-0.4, -0.2) is 66.8 Å². The van der Waals surface area contributed by atoms with Gasteiger partial charge in [0, 0.05) is 38.8 Å². The molecule has 0 bridgehead atoms. The lowest BCUT2D eigenvalue weighted by Crippen LogP contribution is -2.51. The summed E-state index contributed by atoms with van der Waals surface area (Å²) >= 11 is 0. The van der Waals surface area contributed by atoms with Crippen molar-refractivity contribution >= 4 is 5.91 Å². The molecule has 0 aromatic heterocycles. The molecule has 0 unspecified atom stereocenters. The first-order valence-corrected chi connectivity index (χ1v) is 8.25. The second-order valence-electron chi connectivity index (χ2n) is 7.32. The lowest BCUT2D eigenvalue weighted by molar-refractivity contribution is 0.0136. The third kappa shape index (κ3) is 4.45. The van der Waals surface area contributed by atoms with E-state index in [2.05, 4.69) is 4.90 Å². The summed E-state index contributed by atoms with van der Waals surface area (Å²) in [4.78, 5) is 16.3. The van der Waals surface area contributed by atoms with Crippen molar-refractivity contribution < 1.29 is 19.0 Å². The lowest BCUT2D eigenvalue weighted by atomic mass is 9.89. The number of piperazine rings is 1. The molecule has 2 rings (SSSR count). The van der Waals surface area contributed by atoms with E-state index in [1.54, 1.807) is 11.0 Å². The number of benzene rings is 1. The Morgan fingerprint density at radius 1 is 1.29 bits per heavy atom. The van der Waals surface area contributed by atoms with Crippen molar-refractivity contribution in [1.29, 1.82) is 0 Å². The number of β-amino-alcohol motifs (C(OH)–C–C–N with tert-alkyl or cyclic N) is 1. The maximum absolute atomic E-state index is 14.1. The molecule has 1 aliphatic heterocycles. The van der Waals surface area contributed by atoms with Crippen LogP contribution < -0.4 is 4.74 Å². The molecule has 0 spiro atoms. The van der Waals surface area contributed by atoms with Crippen molar-refractivity contribution in [3.05, 3.63) is 29.6 Å². The third-order valence-corrected chi connectivity index (χ3v) is 4.50. The summed E-state index contributed by atoms with van der Waals surface area (Å²) in [7, 11) is 1.46. The predicted molar refractivity (Wildman–Crippen MR) is 90.8 cm³/mol. The molecule has 134 valence electrons. The number of methoxy groups -OCH3 is 1. The maximum Gasteiger partial charge on any atom is 0.256 e. The average Bonchev–Trinajstić information content (AvgIpc) is 2.54. The number of carbonyl (C=O) groups is 1. The van der Waals surface area contributed by atoms with Crippen LogP contribution in [0.15, 0.2) is 18.2 Å². The van der Waals surface area contributed by atoms with Gasteiger partial charge in [0.1, 0.15) is 11.6 Å². The largest absolute Gasteiger partial charge is 0.497 e. The van der Waals surface area contributed by atoms with Gasteiger partial charge in [0.05, 0.1) is 18.8 Å². The van der Waals surface area contributed by atoms with E-state index in [-0.39, 0.29) is 16.9 Å². The Morgan fingerprint density at radius 2 is 1.92 bits per heavy atom. The summed E-state index contributed by atoms with van der Waals surface area (Å²) in [6.07, 6.45) is -0.418. The van der Waals surface area contributed by atoms with Crippen LogP contribution in [0.3, 0.4) is 0 Å². The number of aliphatic hydroxyl groups excluding tert-OH is 1. The maximum atomic E-state index is 14.1. The first-order valence-electron chi connectivity index (χ1n) is 8.25. The second kappa shape index (κ2) is 7.49. The van der Waals surface area contributed by atoms with Crippen molar-refractivity contribution in [3.8, 4) is 5.75 Å². The van der Waals surface area contributed by atoms with Gasteiger partial charge in [0.2, 0.25) is 0 Å². The zero-order valence-corrected chi connectivity index (χ0v) is 14.9. The lowest BCUT2D eigenvalue weighted by Gasteiger charge is -2.38. The van der Waals surface area contributed by atoms with Gasteiger partial charge in [-0.1, -0.05) is 20.8 Å². The van der Waals surface area contributed by atoms with Crippen LogP contribution in [-0.2, 0) is 0 Å². The molecule has 1 heterocycles. The fourth-order valence-corrected chi connectivity index (χ4v) is 2.62. The molecule has 1 atom stereocenters. The first kappa shape index (κ1) is 18.7. The smallest absolute Gasteiger partial charge is 0.256 e. The summed E-state index contributed by atoms with van der Waals surface area (Å²) in [6.45, 7) is 9.01. The van der Waals surface area contributed by atoms with Gasteiger partial charge < -0.3 is 14.7 Å². The van der Waals surface area contributed by atoms with Gasteiger partial charge in [0.15, 0.2) is 0 Å². The van der Waals surface area contributed by atoms with Crippen LogP contribution >= 0.6 is 0 Å². The van der Waals surface area contributed by atoms with E-state index in [0.29, 0.717) is 38.5 Å². The van der Waals surface area contributed by atoms with Crippen LogP contribution in [0.1, 0.15) is 31.1 Å². The Hall–Kier alpha value is -1.66. The first-order chi connectivity index (χ1) is 11.2. The highest BCUT2D eigenvalue weighted by Gasteiger charge is 2.28. The highest BCUT2D eigenvalue weighted by molar-refractivity contribution is 5.94. The van der Waals surface area contributed by atoms with E-state index < -0.39 is 11.9 Å². The number of hydrogen-bond acceptors (Lipinski definition) is 4.